The predicted molar refractivity (Wildman–Crippen MR) is 91.4 cm³/mol. The molecule has 1 heterocycles. The molecule has 0 aliphatic heterocycles. The average molecular weight is 353 g/mol. The summed E-state index contributed by atoms with van der Waals surface area (Å²) in [6.07, 6.45) is 1.17. The van der Waals surface area contributed by atoms with Crippen LogP contribution in [0.1, 0.15) is 20.7 Å². The molecule has 26 heavy (non-hydrogen) atoms. The minimum Gasteiger partial charge on any atom is -0.478 e. The smallest absolute Gasteiger partial charge is 0.341 e. The first kappa shape index (κ1) is 17.1. The van der Waals surface area contributed by atoms with Crippen LogP contribution < -0.4 is 5.43 Å². The van der Waals surface area contributed by atoms with E-state index in [4.69, 9.17) is 5.11 Å². The summed E-state index contributed by atoms with van der Waals surface area (Å²) in [4.78, 5) is 34.4. The lowest BCUT2D eigenvalue weighted by Gasteiger charge is -2.15. The Hall–Kier alpha value is -3.74. The summed E-state index contributed by atoms with van der Waals surface area (Å²) >= 11 is 0. The number of carboxylic acids is 2. The number of hydrogen-bond donors (Lipinski definition) is 2. The molecule has 2 N–H and O–H groups in total. The van der Waals surface area contributed by atoms with Crippen LogP contribution in [0, 0.1) is 5.82 Å². The van der Waals surface area contributed by atoms with Crippen LogP contribution in [-0.4, -0.2) is 26.7 Å². The summed E-state index contributed by atoms with van der Waals surface area (Å²) in [5, 5.41) is 18.2. The van der Waals surface area contributed by atoms with Gasteiger partial charge in [-0.15, -0.1) is 0 Å². The van der Waals surface area contributed by atoms with Crippen LogP contribution in [0.15, 0.2) is 65.6 Å². The summed E-state index contributed by atoms with van der Waals surface area (Å²) in [5.41, 5.74) is 0.267. The third-order valence-electron chi connectivity index (χ3n) is 3.81. The van der Waals surface area contributed by atoms with Gasteiger partial charge < -0.3 is 14.8 Å². The van der Waals surface area contributed by atoms with Crippen molar-refractivity contribution in [2.45, 2.75) is 0 Å². The molecule has 0 bridgehead atoms. The minimum atomic E-state index is -1.38. The van der Waals surface area contributed by atoms with Gasteiger partial charge in [-0.25, -0.2) is 14.0 Å². The summed E-state index contributed by atoms with van der Waals surface area (Å²) in [7, 11) is 0. The first-order valence-corrected chi connectivity index (χ1v) is 7.46. The zero-order valence-corrected chi connectivity index (χ0v) is 13.2. The number of carbonyl (C=O) groups is 2. The van der Waals surface area contributed by atoms with Crippen molar-refractivity contribution in [1.29, 1.82) is 0 Å². The number of nitrogens with zero attached hydrogens (tertiary/aromatic N) is 1. The Morgan fingerprint density at radius 3 is 2.04 bits per heavy atom. The molecule has 0 amide bonds. The Morgan fingerprint density at radius 2 is 1.50 bits per heavy atom. The average Bonchev–Trinajstić information content (AvgIpc) is 2.62. The van der Waals surface area contributed by atoms with Crippen LogP contribution in [-0.2, 0) is 0 Å². The highest BCUT2D eigenvalue weighted by Crippen LogP contribution is 2.23. The van der Waals surface area contributed by atoms with Gasteiger partial charge in [-0.2, -0.15) is 0 Å². The van der Waals surface area contributed by atoms with E-state index in [0.717, 1.165) is 6.07 Å². The zero-order valence-electron chi connectivity index (χ0n) is 13.2. The number of hydrogen-bond acceptors (Lipinski definition) is 3. The molecule has 1 aromatic heterocycles. The molecule has 0 spiro atoms. The van der Waals surface area contributed by atoms with Gasteiger partial charge in [-0.05, 0) is 42.0 Å². The Morgan fingerprint density at radius 1 is 0.885 bits per heavy atom. The van der Waals surface area contributed by atoms with E-state index in [-0.39, 0.29) is 5.56 Å². The lowest BCUT2D eigenvalue weighted by molar-refractivity contribution is 0.0685. The molecule has 0 radical (unpaired) electrons. The fraction of sp³-hybridized carbons (Fsp3) is 0. The van der Waals surface area contributed by atoms with Crippen LogP contribution in [0.4, 0.5) is 4.39 Å². The van der Waals surface area contributed by atoms with Crippen molar-refractivity contribution >= 4 is 11.9 Å². The first-order valence-electron chi connectivity index (χ1n) is 7.46. The van der Waals surface area contributed by atoms with E-state index >= 15 is 0 Å². The maximum Gasteiger partial charge on any atom is 0.341 e. The van der Waals surface area contributed by atoms with E-state index in [1.54, 1.807) is 0 Å². The molecule has 7 heteroatoms. The van der Waals surface area contributed by atoms with Gasteiger partial charge in [0.05, 0.1) is 11.3 Å². The number of aromatic nitrogens is 1. The van der Waals surface area contributed by atoms with E-state index in [0.29, 0.717) is 16.9 Å². The topological polar surface area (TPSA) is 96.6 Å². The lowest BCUT2D eigenvalue weighted by Crippen LogP contribution is -2.18. The van der Waals surface area contributed by atoms with Crippen LogP contribution in [0.3, 0.4) is 0 Å². The molecule has 0 saturated heterocycles. The molecule has 6 nitrogen and oxygen atoms in total. The van der Waals surface area contributed by atoms with Gasteiger partial charge in [0.25, 0.3) is 0 Å². The summed E-state index contributed by atoms with van der Waals surface area (Å²) in [5.74, 6) is -2.92. The predicted octanol–water partition coefficient (Wildman–Crippen LogP) is 3.04. The van der Waals surface area contributed by atoms with Crippen LogP contribution in [0.25, 0.3) is 16.9 Å². The van der Waals surface area contributed by atoms with Crippen molar-refractivity contribution in [2.24, 2.45) is 0 Å². The second-order valence-electron chi connectivity index (χ2n) is 5.47. The van der Waals surface area contributed by atoms with Gasteiger partial charge in [0.2, 0.25) is 0 Å². The summed E-state index contributed by atoms with van der Waals surface area (Å²) < 4.78 is 14.7. The Bertz CT molecular complexity index is 1050. The number of aromatic carboxylic acids is 2. The highest BCUT2D eigenvalue weighted by molar-refractivity contribution is 5.89. The fourth-order valence-electron chi connectivity index (χ4n) is 2.52. The number of rotatable bonds is 4. The Kier molecular flexibility index (Phi) is 4.36. The number of benzene rings is 2. The van der Waals surface area contributed by atoms with E-state index in [2.05, 4.69) is 0 Å². The van der Waals surface area contributed by atoms with Crippen LogP contribution in [0.2, 0.25) is 0 Å². The molecule has 0 atom stereocenters. The maximum absolute atomic E-state index is 13.2. The molecule has 0 saturated carbocycles. The molecule has 0 fully saturated rings. The molecular formula is C19H12FNO5. The van der Waals surface area contributed by atoms with Crippen LogP contribution >= 0.6 is 0 Å². The van der Waals surface area contributed by atoms with E-state index in [1.807, 2.05) is 0 Å². The number of pyridine rings is 1. The molecule has 2 aromatic carbocycles. The highest BCUT2D eigenvalue weighted by atomic mass is 19.1. The molecule has 0 aliphatic rings. The van der Waals surface area contributed by atoms with Gasteiger partial charge in [0.1, 0.15) is 11.4 Å². The molecular weight excluding hydrogens is 341 g/mol. The molecule has 3 aromatic rings. The number of halogens is 1. The van der Waals surface area contributed by atoms with Crippen molar-refractivity contribution in [2.75, 3.05) is 0 Å². The number of carboxylic acid groups (broad SMARTS) is 2. The Balaban J connectivity index is 2.24. The van der Waals surface area contributed by atoms with Gasteiger partial charge in [-0.1, -0.05) is 12.1 Å². The van der Waals surface area contributed by atoms with Crippen molar-refractivity contribution in [3.8, 4) is 16.9 Å². The first-order chi connectivity index (χ1) is 12.4. The monoisotopic (exact) mass is 353 g/mol. The largest absolute Gasteiger partial charge is 0.478 e. The third-order valence-corrected chi connectivity index (χ3v) is 3.81. The van der Waals surface area contributed by atoms with Crippen molar-refractivity contribution in [3.63, 3.8) is 0 Å². The quantitative estimate of drug-likeness (QED) is 0.751. The summed E-state index contributed by atoms with van der Waals surface area (Å²) in [6, 6.07) is 12.3. The normalized spacial score (nSPS) is 10.5. The molecule has 0 unspecified atom stereocenters. The molecule has 130 valence electrons. The SMILES string of the molecule is O=C(O)c1ccc(-c2cc(=O)c(C(=O)O)cn2-c2ccc(F)cc2)cc1. The van der Waals surface area contributed by atoms with Crippen molar-refractivity contribution in [1.82, 2.24) is 4.57 Å². The summed E-state index contributed by atoms with van der Waals surface area (Å²) in [6.45, 7) is 0. The second-order valence-corrected chi connectivity index (χ2v) is 5.47. The standard InChI is InChI=1S/C19H12FNO5/c20-13-5-7-14(8-6-13)21-10-15(19(25)26)17(22)9-16(21)11-1-3-12(4-2-11)18(23)24/h1-10H,(H,23,24)(H,25,26). The van der Waals surface area contributed by atoms with E-state index < -0.39 is 28.7 Å². The fourth-order valence-corrected chi connectivity index (χ4v) is 2.52. The molecule has 0 aliphatic carbocycles. The van der Waals surface area contributed by atoms with Gasteiger partial charge in [0, 0.05) is 18.0 Å². The van der Waals surface area contributed by atoms with Gasteiger partial charge in [-0.3, -0.25) is 4.79 Å². The van der Waals surface area contributed by atoms with Crippen molar-refractivity contribution in [3.05, 3.63) is 88.0 Å². The molecule has 3 rings (SSSR count). The lowest BCUT2D eigenvalue weighted by atomic mass is 10.1. The Labute approximate surface area is 146 Å². The minimum absolute atomic E-state index is 0.0755. The highest BCUT2D eigenvalue weighted by Gasteiger charge is 2.15. The maximum atomic E-state index is 13.2. The van der Waals surface area contributed by atoms with Crippen molar-refractivity contribution < 1.29 is 24.2 Å². The van der Waals surface area contributed by atoms with Crippen LogP contribution in [0.5, 0.6) is 0 Å². The van der Waals surface area contributed by atoms with Gasteiger partial charge in [0.15, 0.2) is 5.43 Å². The van der Waals surface area contributed by atoms with Gasteiger partial charge >= 0.3 is 11.9 Å². The second kappa shape index (κ2) is 6.64. The van der Waals surface area contributed by atoms with E-state index in [9.17, 15) is 23.9 Å². The zero-order chi connectivity index (χ0) is 18.8. The third kappa shape index (κ3) is 3.23. The van der Waals surface area contributed by atoms with E-state index in [1.165, 1.54) is 59.3 Å².